The Hall–Kier alpha value is -2.22. The van der Waals surface area contributed by atoms with E-state index in [-0.39, 0.29) is 11.3 Å². The summed E-state index contributed by atoms with van der Waals surface area (Å²) in [5.41, 5.74) is 1.85. The summed E-state index contributed by atoms with van der Waals surface area (Å²) in [6.45, 7) is 0.694. The molecule has 0 unspecified atom stereocenters. The SMILES string of the molecule is O=c1c2c3n(c(SCC(F)F)nc-2nn1-c1ccccc1)CCCCC3. The van der Waals surface area contributed by atoms with E-state index < -0.39 is 6.43 Å². The van der Waals surface area contributed by atoms with Gasteiger partial charge in [0.25, 0.3) is 5.56 Å². The van der Waals surface area contributed by atoms with Crippen LogP contribution in [-0.4, -0.2) is 31.5 Å². The monoisotopic (exact) mass is 376 g/mol. The summed E-state index contributed by atoms with van der Waals surface area (Å²) < 4.78 is 28.7. The number of halogens is 2. The van der Waals surface area contributed by atoms with Gasteiger partial charge < -0.3 is 4.57 Å². The second-order valence-corrected chi connectivity index (χ2v) is 7.24. The van der Waals surface area contributed by atoms with E-state index in [1.165, 1.54) is 4.68 Å². The third kappa shape index (κ3) is 3.13. The summed E-state index contributed by atoms with van der Waals surface area (Å²) in [5, 5.41) is 4.91. The van der Waals surface area contributed by atoms with Crippen molar-refractivity contribution < 1.29 is 8.78 Å². The number of nitrogens with zero attached hydrogens (tertiary/aromatic N) is 4. The summed E-state index contributed by atoms with van der Waals surface area (Å²) >= 11 is 1.03. The van der Waals surface area contributed by atoms with E-state index in [9.17, 15) is 13.6 Å². The number of alkyl halides is 2. The van der Waals surface area contributed by atoms with Gasteiger partial charge >= 0.3 is 0 Å². The molecule has 0 N–H and O–H groups in total. The molecule has 0 spiro atoms. The molecule has 5 nitrogen and oxygen atoms in total. The molecule has 0 fully saturated rings. The molecule has 0 saturated carbocycles. The van der Waals surface area contributed by atoms with Crippen LogP contribution in [0.1, 0.15) is 25.0 Å². The van der Waals surface area contributed by atoms with Crippen LogP contribution in [0.15, 0.2) is 40.3 Å². The number of benzene rings is 1. The van der Waals surface area contributed by atoms with Gasteiger partial charge in [0, 0.05) is 12.2 Å². The maximum atomic E-state index is 13.0. The smallest absolute Gasteiger partial charge is 0.284 e. The minimum absolute atomic E-state index is 0.199. The van der Waals surface area contributed by atoms with Gasteiger partial charge in [-0.05, 0) is 31.4 Å². The van der Waals surface area contributed by atoms with Gasteiger partial charge in [0.1, 0.15) is 5.56 Å². The highest BCUT2D eigenvalue weighted by atomic mass is 32.2. The molecule has 3 aliphatic heterocycles. The highest BCUT2D eigenvalue weighted by Crippen LogP contribution is 2.30. The Morgan fingerprint density at radius 2 is 1.96 bits per heavy atom. The molecule has 0 radical (unpaired) electrons. The van der Waals surface area contributed by atoms with Crippen molar-refractivity contribution in [2.75, 3.05) is 5.75 Å². The number of rotatable bonds is 4. The minimum Gasteiger partial charge on any atom is -0.324 e. The van der Waals surface area contributed by atoms with E-state index in [2.05, 4.69) is 10.1 Å². The summed E-state index contributed by atoms with van der Waals surface area (Å²) in [5.74, 6) is 0.0189. The Kier molecular flexibility index (Phi) is 4.76. The molecule has 0 bridgehead atoms. The minimum atomic E-state index is -2.41. The largest absolute Gasteiger partial charge is 0.324 e. The first-order valence-electron chi connectivity index (χ1n) is 8.64. The lowest BCUT2D eigenvalue weighted by molar-refractivity contribution is 0.176. The molecule has 1 aromatic rings. The van der Waals surface area contributed by atoms with Crippen LogP contribution in [0.25, 0.3) is 17.1 Å². The third-order valence-corrected chi connectivity index (χ3v) is 5.49. The Labute approximate surface area is 153 Å². The van der Waals surface area contributed by atoms with Gasteiger partial charge in [0.05, 0.1) is 11.4 Å². The van der Waals surface area contributed by atoms with E-state index in [4.69, 9.17) is 0 Å². The van der Waals surface area contributed by atoms with Crippen molar-refractivity contribution in [2.24, 2.45) is 0 Å². The summed E-state index contributed by atoms with van der Waals surface area (Å²) in [7, 11) is 0. The van der Waals surface area contributed by atoms with Crippen molar-refractivity contribution in [2.45, 2.75) is 43.8 Å². The molecule has 4 rings (SSSR count). The van der Waals surface area contributed by atoms with Crippen LogP contribution in [0.3, 0.4) is 0 Å². The van der Waals surface area contributed by atoms with E-state index in [0.717, 1.165) is 43.1 Å². The van der Waals surface area contributed by atoms with Crippen LogP contribution in [0.4, 0.5) is 8.78 Å². The lowest BCUT2D eigenvalue weighted by Crippen LogP contribution is -2.19. The molecule has 136 valence electrons. The molecule has 0 amide bonds. The van der Waals surface area contributed by atoms with Crippen LogP contribution >= 0.6 is 11.8 Å². The Morgan fingerprint density at radius 3 is 2.73 bits per heavy atom. The second kappa shape index (κ2) is 7.19. The first kappa shape index (κ1) is 17.2. The number of para-hydroxylation sites is 1. The van der Waals surface area contributed by atoms with Crippen LogP contribution in [0.5, 0.6) is 0 Å². The fourth-order valence-corrected chi connectivity index (χ4v) is 4.13. The molecular weight excluding hydrogens is 358 g/mol. The lowest BCUT2D eigenvalue weighted by Gasteiger charge is -2.17. The molecule has 26 heavy (non-hydrogen) atoms. The number of thioether (sulfide) groups is 1. The average Bonchev–Trinajstić information content (AvgIpc) is 2.82. The molecule has 3 heterocycles. The van der Waals surface area contributed by atoms with Crippen LogP contribution < -0.4 is 5.56 Å². The highest BCUT2D eigenvalue weighted by Gasteiger charge is 2.27. The van der Waals surface area contributed by atoms with E-state index >= 15 is 0 Å². The number of fused-ring (bicyclic) bond motifs is 3. The van der Waals surface area contributed by atoms with Gasteiger partial charge in [-0.15, -0.1) is 5.10 Å². The molecule has 8 heteroatoms. The van der Waals surface area contributed by atoms with Gasteiger partial charge in [-0.25, -0.2) is 13.8 Å². The normalized spacial score (nSPS) is 14.6. The Balaban J connectivity index is 1.91. The molecule has 1 aromatic carbocycles. The summed E-state index contributed by atoms with van der Waals surface area (Å²) in [6.07, 6.45) is 1.29. The maximum Gasteiger partial charge on any atom is 0.284 e. The number of hydrogen-bond donors (Lipinski definition) is 0. The molecule has 0 aliphatic carbocycles. The van der Waals surface area contributed by atoms with Gasteiger partial charge in [-0.3, -0.25) is 4.79 Å². The standard InChI is InChI=1S/C18H18F2N4OS/c19-14(20)11-26-18-21-16-15(13-9-5-2-6-10-23(13)18)17(25)24(22-16)12-7-3-1-4-8-12/h1,3-4,7-8,14H,2,5-6,9-11H2. The van der Waals surface area contributed by atoms with Crippen molar-refractivity contribution in [1.29, 1.82) is 0 Å². The topological polar surface area (TPSA) is 52.7 Å². The van der Waals surface area contributed by atoms with E-state index in [1.807, 2.05) is 34.9 Å². The zero-order valence-electron chi connectivity index (χ0n) is 14.1. The zero-order valence-corrected chi connectivity index (χ0v) is 14.9. The average molecular weight is 376 g/mol. The van der Waals surface area contributed by atoms with Gasteiger partial charge in [0.15, 0.2) is 11.0 Å². The number of hydrogen-bond acceptors (Lipinski definition) is 4. The second-order valence-electron chi connectivity index (χ2n) is 6.26. The van der Waals surface area contributed by atoms with Crippen LogP contribution in [0, 0.1) is 0 Å². The quantitative estimate of drug-likeness (QED) is 0.516. The molecule has 0 atom stereocenters. The maximum absolute atomic E-state index is 13.0. The summed E-state index contributed by atoms with van der Waals surface area (Å²) in [6, 6.07) is 9.18. The highest BCUT2D eigenvalue weighted by molar-refractivity contribution is 7.99. The van der Waals surface area contributed by atoms with Gasteiger partial charge in [0.2, 0.25) is 6.43 Å². The van der Waals surface area contributed by atoms with Crippen LogP contribution in [-0.2, 0) is 13.0 Å². The van der Waals surface area contributed by atoms with Gasteiger partial charge in [-0.2, -0.15) is 4.68 Å². The van der Waals surface area contributed by atoms with E-state index in [1.54, 1.807) is 0 Å². The molecule has 0 aromatic heterocycles. The molecule has 3 aliphatic rings. The van der Waals surface area contributed by atoms with E-state index in [0.29, 0.717) is 28.8 Å². The Morgan fingerprint density at radius 1 is 1.15 bits per heavy atom. The van der Waals surface area contributed by atoms with Crippen molar-refractivity contribution in [3.63, 3.8) is 0 Å². The predicted molar refractivity (Wildman–Crippen MR) is 96.5 cm³/mol. The molecule has 0 saturated heterocycles. The first-order chi connectivity index (χ1) is 12.6. The fraction of sp³-hybridized carbons (Fsp3) is 0.389. The Bertz CT molecular complexity index is 938. The van der Waals surface area contributed by atoms with Crippen molar-refractivity contribution in [1.82, 2.24) is 19.3 Å². The van der Waals surface area contributed by atoms with Crippen molar-refractivity contribution >= 4 is 11.8 Å². The van der Waals surface area contributed by atoms with Gasteiger partial charge in [-0.1, -0.05) is 36.4 Å². The van der Waals surface area contributed by atoms with Crippen molar-refractivity contribution in [3.8, 4) is 17.1 Å². The number of aromatic nitrogens is 4. The first-order valence-corrected chi connectivity index (χ1v) is 9.62. The third-order valence-electron chi connectivity index (χ3n) is 4.51. The summed E-state index contributed by atoms with van der Waals surface area (Å²) in [4.78, 5) is 17.5. The zero-order chi connectivity index (χ0) is 18.1. The fourth-order valence-electron chi connectivity index (χ4n) is 3.35. The lowest BCUT2D eigenvalue weighted by atomic mass is 10.1. The van der Waals surface area contributed by atoms with Crippen LogP contribution in [0.2, 0.25) is 0 Å². The van der Waals surface area contributed by atoms with Crippen molar-refractivity contribution in [3.05, 3.63) is 46.4 Å². The molecular formula is C18H18F2N4OS. The predicted octanol–water partition coefficient (Wildman–Crippen LogP) is 3.62.